The van der Waals surface area contributed by atoms with E-state index in [9.17, 15) is 14.3 Å². The zero-order valence-electron chi connectivity index (χ0n) is 16.9. The lowest BCUT2D eigenvalue weighted by atomic mass is 10.0. The van der Waals surface area contributed by atoms with Crippen LogP contribution in [-0.4, -0.2) is 57.6 Å². The third-order valence-corrected chi connectivity index (χ3v) is 5.99. The van der Waals surface area contributed by atoms with Gasteiger partial charge in [-0.15, -0.1) is 10.2 Å². The predicted octanol–water partition coefficient (Wildman–Crippen LogP) is 2.37. The molecule has 2 saturated heterocycles. The number of aromatic hydroxyl groups is 1. The summed E-state index contributed by atoms with van der Waals surface area (Å²) in [5.74, 6) is -0.0742. The molecule has 3 aromatic rings. The quantitative estimate of drug-likeness (QED) is 0.591. The summed E-state index contributed by atoms with van der Waals surface area (Å²) in [7, 11) is 1.53. The van der Waals surface area contributed by atoms with E-state index in [1.54, 1.807) is 30.3 Å². The van der Waals surface area contributed by atoms with Crippen molar-refractivity contribution in [1.29, 1.82) is 0 Å². The Morgan fingerprint density at radius 1 is 1.23 bits per heavy atom. The molecular weight excluding hydrogens is 401 g/mol. The normalized spacial score (nSPS) is 24.8. The summed E-state index contributed by atoms with van der Waals surface area (Å²) in [6.45, 7) is 0. The van der Waals surface area contributed by atoms with Gasteiger partial charge in [0.05, 0.1) is 11.2 Å². The fourth-order valence-electron chi connectivity index (χ4n) is 4.37. The number of piperidine rings is 1. The molecule has 1 aromatic carbocycles. The van der Waals surface area contributed by atoms with Gasteiger partial charge in [-0.05, 0) is 31.0 Å². The molecule has 2 unspecified atom stereocenters. The topological polar surface area (TPSA) is 109 Å². The molecule has 160 valence electrons. The maximum atomic E-state index is 14.6. The van der Waals surface area contributed by atoms with Gasteiger partial charge in [-0.1, -0.05) is 6.07 Å². The minimum atomic E-state index is -1.07. The van der Waals surface area contributed by atoms with E-state index >= 15 is 0 Å². The zero-order chi connectivity index (χ0) is 21.5. The Morgan fingerprint density at radius 3 is 2.87 bits per heavy atom. The Bertz CT molecular complexity index is 1140. The molecule has 0 aliphatic carbocycles. The summed E-state index contributed by atoms with van der Waals surface area (Å²) >= 11 is 0. The highest BCUT2D eigenvalue weighted by atomic mass is 19.1. The molecule has 9 heteroatoms. The van der Waals surface area contributed by atoms with Crippen molar-refractivity contribution in [3.63, 3.8) is 0 Å². The van der Waals surface area contributed by atoms with Crippen LogP contribution in [0, 0.1) is 0 Å². The highest BCUT2D eigenvalue weighted by Crippen LogP contribution is 2.34. The van der Waals surface area contributed by atoms with Gasteiger partial charge in [0, 0.05) is 48.6 Å². The number of fused-ring (bicyclic) bond motifs is 3. The second-order valence-corrected chi connectivity index (χ2v) is 7.98. The van der Waals surface area contributed by atoms with Gasteiger partial charge in [0.15, 0.2) is 6.17 Å². The smallest absolute Gasteiger partial charge is 0.269 e. The van der Waals surface area contributed by atoms with Crippen molar-refractivity contribution in [2.75, 3.05) is 7.05 Å². The van der Waals surface area contributed by atoms with Crippen molar-refractivity contribution in [1.82, 2.24) is 25.8 Å². The first-order chi connectivity index (χ1) is 15.0. The highest BCUT2D eigenvalue weighted by molar-refractivity contribution is 5.96. The second kappa shape index (κ2) is 7.73. The van der Waals surface area contributed by atoms with Gasteiger partial charge in [0.1, 0.15) is 17.5 Å². The number of rotatable bonds is 4. The van der Waals surface area contributed by atoms with Gasteiger partial charge in [-0.2, -0.15) is 0 Å². The Balaban J connectivity index is 1.37. The first-order valence-electron chi connectivity index (χ1n) is 10.3. The van der Waals surface area contributed by atoms with Crippen LogP contribution in [0.25, 0.3) is 22.2 Å². The molecule has 8 nitrogen and oxygen atoms in total. The van der Waals surface area contributed by atoms with Gasteiger partial charge in [0.2, 0.25) is 5.88 Å². The van der Waals surface area contributed by atoms with E-state index in [4.69, 9.17) is 4.74 Å². The Morgan fingerprint density at radius 2 is 2.10 bits per heavy atom. The third kappa shape index (κ3) is 3.65. The second-order valence-electron chi connectivity index (χ2n) is 7.98. The maximum absolute atomic E-state index is 14.6. The van der Waals surface area contributed by atoms with Crippen LogP contribution in [-0.2, 0) is 0 Å². The SMILES string of the molecule is CNC(=O)c1ccc2cc(-c3ccc(O[C@@H]4CC5CCC(N5)[C@@H]4F)nn3)c(O)cc2n1. The number of ether oxygens (including phenoxy) is 1. The summed E-state index contributed by atoms with van der Waals surface area (Å²) in [6.07, 6.45) is 0.802. The summed E-state index contributed by atoms with van der Waals surface area (Å²) in [4.78, 5) is 16.0. The molecule has 4 atom stereocenters. The Hall–Kier alpha value is -3.33. The third-order valence-electron chi connectivity index (χ3n) is 5.99. The van der Waals surface area contributed by atoms with Crippen LogP contribution in [0.15, 0.2) is 36.4 Å². The lowest BCUT2D eigenvalue weighted by Crippen LogP contribution is -2.51. The van der Waals surface area contributed by atoms with E-state index in [-0.39, 0.29) is 29.3 Å². The van der Waals surface area contributed by atoms with E-state index < -0.39 is 12.3 Å². The average Bonchev–Trinajstić information content (AvgIpc) is 3.20. The lowest BCUT2D eigenvalue weighted by molar-refractivity contribution is 0.0422. The van der Waals surface area contributed by atoms with Crippen LogP contribution in [0.4, 0.5) is 4.39 Å². The molecule has 3 N–H and O–H groups in total. The number of phenols is 1. The van der Waals surface area contributed by atoms with Crippen LogP contribution in [0.2, 0.25) is 0 Å². The van der Waals surface area contributed by atoms with Crippen molar-refractivity contribution < 1.29 is 19.0 Å². The molecule has 0 spiro atoms. The molecule has 5 rings (SSSR count). The number of nitrogens with one attached hydrogen (secondary N) is 2. The fourth-order valence-corrected chi connectivity index (χ4v) is 4.37. The molecule has 31 heavy (non-hydrogen) atoms. The molecular formula is C22H22FN5O3. The summed E-state index contributed by atoms with van der Waals surface area (Å²) < 4.78 is 20.4. The van der Waals surface area contributed by atoms with Crippen molar-refractivity contribution >= 4 is 16.8 Å². The minimum Gasteiger partial charge on any atom is -0.507 e. The molecule has 4 heterocycles. The van der Waals surface area contributed by atoms with Crippen molar-refractivity contribution in [3.8, 4) is 22.9 Å². The highest BCUT2D eigenvalue weighted by Gasteiger charge is 2.43. The maximum Gasteiger partial charge on any atom is 0.269 e. The zero-order valence-corrected chi connectivity index (χ0v) is 16.9. The molecule has 0 saturated carbocycles. The monoisotopic (exact) mass is 423 g/mol. The number of amides is 1. The molecule has 2 bridgehead atoms. The van der Waals surface area contributed by atoms with E-state index in [2.05, 4.69) is 25.8 Å². The van der Waals surface area contributed by atoms with E-state index in [1.807, 2.05) is 0 Å². The standard InChI is InChI=1S/C22H22FN5O3/c1-24-22(30)16-4-2-11-8-13(18(29)10-17(11)26-16)14-6-7-20(28-27-14)31-19-9-12-3-5-15(25-12)21(19)23/h2,4,6-8,10,12,15,19,21,25,29H,3,5,9H2,1H3,(H,24,30)/t12?,15?,19-,21+/m1/s1. The number of hydrogen-bond donors (Lipinski definition) is 3. The van der Waals surface area contributed by atoms with E-state index in [0.29, 0.717) is 29.2 Å². The van der Waals surface area contributed by atoms with Gasteiger partial charge >= 0.3 is 0 Å². The number of carbonyl (C=O) groups is 1. The number of halogens is 1. The number of alkyl halides is 1. The van der Waals surface area contributed by atoms with Gasteiger partial charge in [-0.25, -0.2) is 9.37 Å². The first-order valence-corrected chi connectivity index (χ1v) is 10.3. The average molecular weight is 423 g/mol. The van der Waals surface area contributed by atoms with E-state index in [0.717, 1.165) is 18.2 Å². The summed E-state index contributed by atoms with van der Waals surface area (Å²) in [6, 6.07) is 10.1. The summed E-state index contributed by atoms with van der Waals surface area (Å²) in [5.41, 5.74) is 1.68. The van der Waals surface area contributed by atoms with Crippen LogP contribution in [0.5, 0.6) is 11.6 Å². The first kappa shape index (κ1) is 19.6. The van der Waals surface area contributed by atoms with Crippen LogP contribution >= 0.6 is 0 Å². The van der Waals surface area contributed by atoms with Crippen molar-refractivity contribution in [2.45, 2.75) is 43.6 Å². The molecule has 0 radical (unpaired) electrons. The molecule has 2 aliphatic heterocycles. The number of carbonyl (C=O) groups excluding carboxylic acids is 1. The molecule has 1 amide bonds. The predicted molar refractivity (Wildman–Crippen MR) is 112 cm³/mol. The number of nitrogens with zero attached hydrogens (tertiary/aromatic N) is 3. The minimum absolute atomic E-state index is 0.0317. The summed E-state index contributed by atoms with van der Waals surface area (Å²) in [5, 5.41) is 25.3. The number of hydrogen-bond acceptors (Lipinski definition) is 7. The number of pyridine rings is 1. The van der Waals surface area contributed by atoms with Crippen LogP contribution in [0.3, 0.4) is 0 Å². The van der Waals surface area contributed by atoms with Crippen molar-refractivity contribution in [3.05, 3.63) is 42.1 Å². The molecule has 2 aromatic heterocycles. The Labute approximate surface area is 177 Å². The molecule has 2 aliphatic rings. The van der Waals surface area contributed by atoms with E-state index in [1.165, 1.54) is 13.1 Å². The van der Waals surface area contributed by atoms with Gasteiger partial charge in [0.25, 0.3) is 5.91 Å². The molecule has 2 fully saturated rings. The lowest BCUT2D eigenvalue weighted by Gasteiger charge is -2.32. The van der Waals surface area contributed by atoms with Crippen LogP contribution < -0.4 is 15.4 Å². The number of phenolic OH excluding ortho intramolecular Hbond substituents is 1. The number of aromatic nitrogens is 3. The fraction of sp³-hybridized carbons (Fsp3) is 0.364. The van der Waals surface area contributed by atoms with Gasteiger partial charge < -0.3 is 20.5 Å². The number of benzene rings is 1. The Kier molecular flexibility index (Phi) is 4.90. The largest absolute Gasteiger partial charge is 0.507 e. The van der Waals surface area contributed by atoms with Crippen LogP contribution in [0.1, 0.15) is 29.8 Å². The van der Waals surface area contributed by atoms with Crippen molar-refractivity contribution in [2.24, 2.45) is 0 Å². The van der Waals surface area contributed by atoms with Gasteiger partial charge in [-0.3, -0.25) is 4.79 Å².